The van der Waals surface area contributed by atoms with Gasteiger partial charge in [0.25, 0.3) is 5.91 Å². The van der Waals surface area contributed by atoms with Gasteiger partial charge in [0.05, 0.1) is 12.7 Å². The molecule has 0 radical (unpaired) electrons. The van der Waals surface area contributed by atoms with Crippen molar-refractivity contribution in [1.29, 1.82) is 0 Å². The molecule has 92 valence electrons. The molecule has 1 aromatic rings. The van der Waals surface area contributed by atoms with Gasteiger partial charge in [-0.25, -0.2) is 0 Å². The van der Waals surface area contributed by atoms with E-state index in [4.69, 9.17) is 4.74 Å². The summed E-state index contributed by atoms with van der Waals surface area (Å²) >= 11 is 0. The summed E-state index contributed by atoms with van der Waals surface area (Å²) in [7, 11) is 0. The molecule has 0 bridgehead atoms. The molecule has 1 atom stereocenters. The van der Waals surface area contributed by atoms with Crippen LogP contribution in [0.2, 0.25) is 0 Å². The van der Waals surface area contributed by atoms with Crippen LogP contribution in [0.3, 0.4) is 0 Å². The first kappa shape index (κ1) is 10.8. The number of nitrogens with zero attached hydrogens (tertiary/aromatic N) is 2. The van der Waals surface area contributed by atoms with Gasteiger partial charge in [0.2, 0.25) is 0 Å². The standard InChI is InChI=1S/C12H17N3O2/c1-8-7-15(4-5-17-8)12(16)11-6-10(13-14-11)9-2-3-9/h6,8-9H,2-5,7H2,1H3,(H,13,14). The summed E-state index contributed by atoms with van der Waals surface area (Å²) in [6.45, 7) is 3.92. The van der Waals surface area contributed by atoms with Crippen molar-refractivity contribution in [3.05, 3.63) is 17.5 Å². The van der Waals surface area contributed by atoms with Crippen LogP contribution in [0.15, 0.2) is 6.07 Å². The normalized spacial score (nSPS) is 25.0. The molecule has 2 fully saturated rings. The summed E-state index contributed by atoms with van der Waals surface area (Å²) < 4.78 is 5.43. The van der Waals surface area contributed by atoms with E-state index in [-0.39, 0.29) is 12.0 Å². The molecule has 1 unspecified atom stereocenters. The van der Waals surface area contributed by atoms with Crippen molar-refractivity contribution in [3.63, 3.8) is 0 Å². The van der Waals surface area contributed by atoms with E-state index >= 15 is 0 Å². The number of amides is 1. The van der Waals surface area contributed by atoms with Crippen LogP contribution in [-0.4, -0.2) is 46.8 Å². The monoisotopic (exact) mass is 235 g/mol. The number of ether oxygens (including phenoxy) is 1. The van der Waals surface area contributed by atoms with Gasteiger partial charge in [-0.3, -0.25) is 9.89 Å². The minimum absolute atomic E-state index is 0.0169. The molecular weight excluding hydrogens is 218 g/mol. The van der Waals surface area contributed by atoms with Crippen LogP contribution >= 0.6 is 0 Å². The maximum absolute atomic E-state index is 12.2. The summed E-state index contributed by atoms with van der Waals surface area (Å²) in [5.41, 5.74) is 1.65. The molecule has 3 rings (SSSR count). The summed E-state index contributed by atoms with van der Waals surface area (Å²) in [6.07, 6.45) is 2.55. The minimum atomic E-state index is 0.0169. The van der Waals surface area contributed by atoms with Crippen molar-refractivity contribution in [1.82, 2.24) is 15.1 Å². The van der Waals surface area contributed by atoms with Gasteiger partial charge < -0.3 is 9.64 Å². The predicted molar refractivity (Wildman–Crippen MR) is 61.9 cm³/mol. The predicted octanol–water partition coefficient (Wildman–Crippen LogP) is 1.15. The highest BCUT2D eigenvalue weighted by molar-refractivity contribution is 5.92. The number of H-pyrrole nitrogens is 1. The van der Waals surface area contributed by atoms with Crippen LogP contribution in [0.1, 0.15) is 41.9 Å². The highest BCUT2D eigenvalue weighted by atomic mass is 16.5. The Labute approximate surface area is 100 Å². The fourth-order valence-electron chi connectivity index (χ4n) is 2.21. The molecule has 1 amide bonds. The third-order valence-electron chi connectivity index (χ3n) is 3.36. The maximum Gasteiger partial charge on any atom is 0.274 e. The van der Waals surface area contributed by atoms with Crippen LogP contribution in [-0.2, 0) is 4.74 Å². The first-order valence-corrected chi connectivity index (χ1v) is 6.20. The van der Waals surface area contributed by atoms with E-state index < -0.39 is 0 Å². The van der Waals surface area contributed by atoms with E-state index in [9.17, 15) is 4.79 Å². The molecule has 5 heteroatoms. The number of morpholine rings is 1. The van der Waals surface area contributed by atoms with Gasteiger partial charge in [-0.2, -0.15) is 5.10 Å². The maximum atomic E-state index is 12.2. The van der Waals surface area contributed by atoms with E-state index in [0.717, 1.165) is 5.69 Å². The van der Waals surface area contributed by atoms with Crippen molar-refractivity contribution in [2.45, 2.75) is 31.8 Å². The van der Waals surface area contributed by atoms with Crippen molar-refractivity contribution >= 4 is 5.91 Å². The zero-order valence-electron chi connectivity index (χ0n) is 9.98. The number of rotatable bonds is 2. The second kappa shape index (κ2) is 4.14. The van der Waals surface area contributed by atoms with Gasteiger partial charge >= 0.3 is 0 Å². The largest absolute Gasteiger partial charge is 0.375 e. The summed E-state index contributed by atoms with van der Waals surface area (Å²) in [6, 6.07) is 1.90. The van der Waals surface area contributed by atoms with Gasteiger partial charge in [-0.15, -0.1) is 0 Å². The third kappa shape index (κ3) is 2.20. The quantitative estimate of drug-likeness (QED) is 0.836. The number of hydrogen-bond acceptors (Lipinski definition) is 3. The smallest absolute Gasteiger partial charge is 0.274 e. The Bertz CT molecular complexity index is 425. The Balaban J connectivity index is 1.71. The van der Waals surface area contributed by atoms with Crippen molar-refractivity contribution in [2.24, 2.45) is 0 Å². The number of carbonyl (C=O) groups excluding carboxylic acids is 1. The fraction of sp³-hybridized carbons (Fsp3) is 0.667. The highest BCUT2D eigenvalue weighted by Crippen LogP contribution is 2.39. The first-order valence-electron chi connectivity index (χ1n) is 6.20. The lowest BCUT2D eigenvalue weighted by Crippen LogP contribution is -2.44. The molecule has 1 N–H and O–H groups in total. The van der Waals surface area contributed by atoms with E-state index in [1.165, 1.54) is 12.8 Å². The average molecular weight is 235 g/mol. The van der Waals surface area contributed by atoms with Crippen molar-refractivity contribution in [2.75, 3.05) is 19.7 Å². The molecule has 1 aromatic heterocycles. The lowest BCUT2D eigenvalue weighted by molar-refractivity contribution is -0.0126. The first-order chi connectivity index (χ1) is 8.24. The second-order valence-electron chi connectivity index (χ2n) is 4.92. The Morgan fingerprint density at radius 3 is 3.12 bits per heavy atom. The number of carbonyl (C=O) groups is 1. The van der Waals surface area contributed by atoms with Crippen LogP contribution < -0.4 is 0 Å². The Hall–Kier alpha value is -1.36. The van der Waals surface area contributed by atoms with E-state index in [2.05, 4.69) is 10.2 Å². The summed E-state index contributed by atoms with van der Waals surface area (Å²) in [5, 5.41) is 7.09. The van der Waals surface area contributed by atoms with Crippen molar-refractivity contribution < 1.29 is 9.53 Å². The van der Waals surface area contributed by atoms with Gasteiger partial charge in [0.15, 0.2) is 0 Å². The Morgan fingerprint density at radius 2 is 2.41 bits per heavy atom. The second-order valence-corrected chi connectivity index (χ2v) is 4.92. The molecule has 1 saturated heterocycles. The molecule has 1 aliphatic carbocycles. The van der Waals surface area contributed by atoms with E-state index in [1.54, 1.807) is 0 Å². The Morgan fingerprint density at radius 1 is 1.59 bits per heavy atom. The third-order valence-corrected chi connectivity index (χ3v) is 3.36. The molecule has 0 spiro atoms. The number of aromatic amines is 1. The van der Waals surface area contributed by atoms with Gasteiger partial charge in [-0.05, 0) is 25.8 Å². The van der Waals surface area contributed by atoms with Crippen molar-refractivity contribution in [3.8, 4) is 0 Å². The molecule has 1 saturated carbocycles. The molecule has 17 heavy (non-hydrogen) atoms. The topological polar surface area (TPSA) is 58.2 Å². The van der Waals surface area contributed by atoms with Crippen LogP contribution in [0.4, 0.5) is 0 Å². The lowest BCUT2D eigenvalue weighted by Gasteiger charge is -2.30. The molecular formula is C12H17N3O2. The molecule has 0 aromatic carbocycles. The number of nitrogens with one attached hydrogen (secondary N) is 1. The van der Waals surface area contributed by atoms with Gasteiger partial charge in [-0.1, -0.05) is 0 Å². The van der Waals surface area contributed by atoms with E-state index in [1.807, 2.05) is 17.9 Å². The molecule has 2 heterocycles. The summed E-state index contributed by atoms with van der Waals surface area (Å²) in [4.78, 5) is 14.0. The molecule has 5 nitrogen and oxygen atoms in total. The number of aromatic nitrogens is 2. The lowest BCUT2D eigenvalue weighted by atomic mass is 10.2. The molecule has 1 aliphatic heterocycles. The number of hydrogen-bond donors (Lipinski definition) is 1. The molecule has 2 aliphatic rings. The average Bonchev–Trinajstić information content (AvgIpc) is 3.07. The van der Waals surface area contributed by atoms with Crippen LogP contribution in [0.5, 0.6) is 0 Å². The van der Waals surface area contributed by atoms with Crippen LogP contribution in [0.25, 0.3) is 0 Å². The van der Waals surface area contributed by atoms with E-state index in [0.29, 0.717) is 31.3 Å². The fourth-order valence-corrected chi connectivity index (χ4v) is 2.21. The summed E-state index contributed by atoms with van der Waals surface area (Å²) in [5.74, 6) is 0.621. The minimum Gasteiger partial charge on any atom is -0.375 e. The SMILES string of the molecule is CC1CN(C(=O)c2cc(C3CC3)[nH]n2)CCO1. The van der Waals surface area contributed by atoms with Gasteiger partial charge in [0.1, 0.15) is 5.69 Å². The van der Waals surface area contributed by atoms with Crippen LogP contribution in [0, 0.1) is 0 Å². The van der Waals surface area contributed by atoms with Gasteiger partial charge in [0, 0.05) is 24.7 Å². The Kier molecular flexibility index (Phi) is 2.63. The zero-order chi connectivity index (χ0) is 11.8. The zero-order valence-corrected chi connectivity index (χ0v) is 9.98. The highest BCUT2D eigenvalue weighted by Gasteiger charge is 2.28.